The number of rotatable bonds is 6. The molecule has 5 nitrogen and oxygen atoms in total. The van der Waals surface area contributed by atoms with Gasteiger partial charge in [0.25, 0.3) is 5.56 Å². The molecule has 34 heavy (non-hydrogen) atoms. The number of nitrogens with zero attached hydrogens (tertiary/aromatic N) is 4. The van der Waals surface area contributed by atoms with Gasteiger partial charge in [-0.2, -0.15) is 0 Å². The zero-order valence-electron chi connectivity index (χ0n) is 19.8. The molecular weight excluding hydrogens is 420 g/mol. The Hall–Kier alpha value is -3.70. The summed E-state index contributed by atoms with van der Waals surface area (Å²) < 4.78 is 1.84. The summed E-state index contributed by atoms with van der Waals surface area (Å²) in [5, 5.41) is 0. The molecule has 0 atom stereocenters. The predicted octanol–water partition coefficient (Wildman–Crippen LogP) is 5.27. The molecule has 0 aliphatic carbocycles. The Morgan fingerprint density at radius 1 is 0.794 bits per heavy atom. The van der Waals surface area contributed by atoms with Gasteiger partial charge in [0.05, 0.1) is 19.0 Å². The second-order valence-electron chi connectivity index (χ2n) is 8.92. The zero-order valence-corrected chi connectivity index (χ0v) is 19.8. The Kier molecular flexibility index (Phi) is 6.28. The molecule has 1 aromatic heterocycles. The highest BCUT2D eigenvalue weighted by Gasteiger charge is 2.28. The van der Waals surface area contributed by atoms with Gasteiger partial charge in [-0.15, -0.1) is 0 Å². The number of hydrogen-bond acceptors (Lipinski definition) is 4. The Morgan fingerprint density at radius 2 is 1.44 bits per heavy atom. The van der Waals surface area contributed by atoms with Crippen LogP contribution in [-0.2, 0) is 26.1 Å². The summed E-state index contributed by atoms with van der Waals surface area (Å²) in [7, 11) is 0. The lowest BCUT2D eigenvalue weighted by molar-refractivity contribution is 0.190. The largest absolute Gasteiger partial charge is 0.298 e. The topological polar surface area (TPSA) is 41.4 Å². The second-order valence-corrected chi connectivity index (χ2v) is 8.92. The van der Waals surface area contributed by atoms with Crippen LogP contribution in [0.5, 0.6) is 0 Å². The van der Waals surface area contributed by atoms with Gasteiger partial charge in [0.2, 0.25) is 5.95 Å². The van der Waals surface area contributed by atoms with E-state index < -0.39 is 0 Å². The number of hydrogen-bond donors (Lipinski definition) is 0. The van der Waals surface area contributed by atoms with E-state index in [9.17, 15) is 4.79 Å². The molecule has 0 N–H and O–H groups in total. The van der Waals surface area contributed by atoms with E-state index in [1.807, 2.05) is 35.8 Å². The van der Waals surface area contributed by atoms with Crippen LogP contribution in [0.3, 0.4) is 0 Å². The van der Waals surface area contributed by atoms with Crippen molar-refractivity contribution >= 4 is 11.6 Å². The summed E-state index contributed by atoms with van der Waals surface area (Å²) in [6.07, 6.45) is 1.58. The van der Waals surface area contributed by atoms with Gasteiger partial charge >= 0.3 is 0 Å². The number of aryl methyl sites for hydroxylation is 2. The predicted molar refractivity (Wildman–Crippen MR) is 137 cm³/mol. The standard InChI is InChI=1S/C29H30N4O/c1-3-23-14-16-26(17-15-23)32-20-31(19-25-12-8-5-9-13-25)21-33-28(34)27(22(2)30-29(32)33)18-24-10-6-4-7-11-24/h4-17H,3,18-21H2,1-2H3. The highest BCUT2D eigenvalue weighted by atomic mass is 16.1. The van der Waals surface area contributed by atoms with Crippen LogP contribution in [0.15, 0.2) is 89.7 Å². The minimum atomic E-state index is 0.0410. The molecule has 2 heterocycles. The van der Waals surface area contributed by atoms with Gasteiger partial charge in [0.1, 0.15) is 0 Å². The lowest BCUT2D eigenvalue weighted by Crippen LogP contribution is -2.47. The van der Waals surface area contributed by atoms with Gasteiger partial charge in [-0.3, -0.25) is 19.2 Å². The third-order valence-corrected chi connectivity index (χ3v) is 6.50. The van der Waals surface area contributed by atoms with Crippen LogP contribution in [0.2, 0.25) is 0 Å². The molecule has 1 aliphatic rings. The van der Waals surface area contributed by atoms with Crippen LogP contribution >= 0.6 is 0 Å². The van der Waals surface area contributed by atoms with Crippen molar-refractivity contribution in [1.29, 1.82) is 0 Å². The molecule has 0 bridgehead atoms. The van der Waals surface area contributed by atoms with E-state index in [0.717, 1.165) is 35.5 Å². The van der Waals surface area contributed by atoms with E-state index in [2.05, 4.69) is 77.4 Å². The van der Waals surface area contributed by atoms with Crippen molar-refractivity contribution in [3.8, 4) is 0 Å². The van der Waals surface area contributed by atoms with E-state index in [4.69, 9.17) is 4.98 Å². The lowest BCUT2D eigenvalue weighted by atomic mass is 10.1. The first-order valence-electron chi connectivity index (χ1n) is 11.9. The Bertz CT molecular complexity index is 1310. The van der Waals surface area contributed by atoms with E-state index in [-0.39, 0.29) is 5.56 Å². The normalized spacial score (nSPS) is 13.6. The third kappa shape index (κ3) is 4.52. The van der Waals surface area contributed by atoms with Crippen molar-refractivity contribution in [3.05, 3.63) is 123 Å². The van der Waals surface area contributed by atoms with Crippen LogP contribution < -0.4 is 10.5 Å². The fourth-order valence-corrected chi connectivity index (χ4v) is 4.58. The van der Waals surface area contributed by atoms with E-state index in [0.29, 0.717) is 25.7 Å². The van der Waals surface area contributed by atoms with Crippen molar-refractivity contribution < 1.29 is 0 Å². The van der Waals surface area contributed by atoms with Gasteiger partial charge in [-0.05, 0) is 42.2 Å². The van der Waals surface area contributed by atoms with Crippen molar-refractivity contribution in [2.75, 3.05) is 11.6 Å². The highest BCUT2D eigenvalue weighted by Crippen LogP contribution is 2.29. The highest BCUT2D eigenvalue weighted by molar-refractivity contribution is 5.59. The maximum absolute atomic E-state index is 13.8. The minimum Gasteiger partial charge on any atom is -0.298 e. The zero-order chi connectivity index (χ0) is 23.5. The van der Waals surface area contributed by atoms with Crippen LogP contribution in [0.25, 0.3) is 0 Å². The molecule has 172 valence electrons. The van der Waals surface area contributed by atoms with Crippen LogP contribution in [0, 0.1) is 6.92 Å². The van der Waals surface area contributed by atoms with Gasteiger partial charge < -0.3 is 0 Å². The molecular formula is C29H30N4O. The molecule has 1 aliphatic heterocycles. The van der Waals surface area contributed by atoms with Crippen molar-refractivity contribution in [1.82, 2.24) is 14.5 Å². The average molecular weight is 451 g/mol. The Morgan fingerprint density at radius 3 is 2.09 bits per heavy atom. The van der Waals surface area contributed by atoms with E-state index in [1.54, 1.807) is 0 Å². The van der Waals surface area contributed by atoms with Gasteiger partial charge in [0, 0.05) is 24.2 Å². The van der Waals surface area contributed by atoms with E-state index in [1.165, 1.54) is 11.1 Å². The van der Waals surface area contributed by atoms with Crippen LogP contribution in [0.1, 0.15) is 34.9 Å². The molecule has 0 fully saturated rings. The summed E-state index contributed by atoms with van der Waals surface area (Å²) in [6, 6.07) is 29.1. The molecule has 0 saturated heterocycles. The smallest absolute Gasteiger partial charge is 0.259 e. The maximum atomic E-state index is 13.8. The minimum absolute atomic E-state index is 0.0410. The van der Waals surface area contributed by atoms with Gasteiger partial charge in [-0.1, -0.05) is 79.7 Å². The summed E-state index contributed by atoms with van der Waals surface area (Å²) in [5.41, 5.74) is 6.29. The molecule has 0 radical (unpaired) electrons. The van der Waals surface area contributed by atoms with Crippen LogP contribution in [-0.4, -0.2) is 21.1 Å². The molecule has 0 unspecified atom stereocenters. The average Bonchev–Trinajstić information content (AvgIpc) is 2.88. The summed E-state index contributed by atoms with van der Waals surface area (Å²) in [6.45, 7) is 6.06. The molecule has 0 saturated carbocycles. The molecule has 4 aromatic rings. The SMILES string of the molecule is CCc1ccc(N2CN(Cc3ccccc3)Cn3c2nc(C)c(Cc2ccccc2)c3=O)cc1. The quantitative estimate of drug-likeness (QED) is 0.401. The Labute approximate surface area is 200 Å². The Balaban J connectivity index is 1.57. The third-order valence-electron chi connectivity index (χ3n) is 6.50. The second kappa shape index (κ2) is 9.65. The number of fused-ring (bicyclic) bond motifs is 1. The number of anilines is 2. The first-order chi connectivity index (χ1) is 16.6. The molecule has 5 heteroatoms. The maximum Gasteiger partial charge on any atom is 0.259 e. The summed E-state index contributed by atoms with van der Waals surface area (Å²) >= 11 is 0. The monoisotopic (exact) mass is 450 g/mol. The molecule has 3 aromatic carbocycles. The van der Waals surface area contributed by atoms with Gasteiger partial charge in [0.15, 0.2) is 0 Å². The van der Waals surface area contributed by atoms with Crippen molar-refractivity contribution in [2.24, 2.45) is 0 Å². The fourth-order valence-electron chi connectivity index (χ4n) is 4.58. The van der Waals surface area contributed by atoms with Crippen LogP contribution in [0.4, 0.5) is 11.6 Å². The molecule has 0 amide bonds. The molecule has 0 spiro atoms. The number of benzene rings is 3. The summed E-state index contributed by atoms with van der Waals surface area (Å²) in [5.74, 6) is 0.716. The van der Waals surface area contributed by atoms with Crippen molar-refractivity contribution in [3.63, 3.8) is 0 Å². The van der Waals surface area contributed by atoms with Crippen molar-refractivity contribution in [2.45, 2.75) is 39.9 Å². The lowest BCUT2D eigenvalue weighted by Gasteiger charge is -2.38. The first kappa shape index (κ1) is 22.1. The number of aromatic nitrogens is 2. The van der Waals surface area contributed by atoms with E-state index >= 15 is 0 Å². The molecule has 5 rings (SSSR count). The first-order valence-corrected chi connectivity index (χ1v) is 11.9. The fraction of sp³-hybridized carbons (Fsp3) is 0.241. The van der Waals surface area contributed by atoms with Gasteiger partial charge in [-0.25, -0.2) is 4.98 Å². The summed E-state index contributed by atoms with van der Waals surface area (Å²) in [4.78, 5) is 23.2.